The molecule has 0 unspecified atom stereocenters. The van der Waals surface area contributed by atoms with Crippen molar-refractivity contribution in [3.05, 3.63) is 65.2 Å². The van der Waals surface area contributed by atoms with Crippen LogP contribution >= 0.6 is 11.3 Å². The van der Waals surface area contributed by atoms with E-state index in [9.17, 15) is 9.90 Å². The lowest BCUT2D eigenvalue weighted by Crippen LogP contribution is -2.14. The summed E-state index contributed by atoms with van der Waals surface area (Å²) in [7, 11) is 0. The third-order valence-corrected chi connectivity index (χ3v) is 4.28. The van der Waals surface area contributed by atoms with E-state index in [0.29, 0.717) is 5.69 Å². The zero-order valence-corrected chi connectivity index (χ0v) is 13.4. The smallest absolute Gasteiger partial charge is 0.230 e. The van der Waals surface area contributed by atoms with Gasteiger partial charge in [-0.3, -0.25) is 4.79 Å². The Bertz CT molecular complexity index is 828. The third-order valence-electron chi connectivity index (χ3n) is 3.34. The summed E-state index contributed by atoms with van der Waals surface area (Å²) in [6.07, 6.45) is 0.177. The van der Waals surface area contributed by atoms with Gasteiger partial charge in [-0.25, -0.2) is 4.98 Å². The number of nitrogens with one attached hydrogen (secondary N) is 1. The molecule has 0 bridgehead atoms. The van der Waals surface area contributed by atoms with Gasteiger partial charge < -0.3 is 10.4 Å². The van der Waals surface area contributed by atoms with E-state index in [0.717, 1.165) is 21.8 Å². The molecule has 0 aliphatic rings. The first-order valence-corrected chi connectivity index (χ1v) is 8.09. The van der Waals surface area contributed by atoms with E-state index >= 15 is 0 Å². The maximum Gasteiger partial charge on any atom is 0.230 e. The monoisotopic (exact) mass is 324 g/mol. The average Bonchev–Trinajstić information content (AvgIpc) is 2.99. The molecule has 0 aliphatic heterocycles. The molecule has 4 nitrogen and oxygen atoms in total. The van der Waals surface area contributed by atoms with Crippen molar-refractivity contribution in [1.29, 1.82) is 0 Å². The zero-order chi connectivity index (χ0) is 16.2. The lowest BCUT2D eigenvalue weighted by molar-refractivity contribution is -0.115. The summed E-state index contributed by atoms with van der Waals surface area (Å²) in [5.41, 5.74) is 3.12. The van der Waals surface area contributed by atoms with Crippen LogP contribution in [0, 0.1) is 6.92 Å². The number of carbonyl (C=O) groups excluding carboxylic acids is 1. The van der Waals surface area contributed by atoms with Gasteiger partial charge in [-0.1, -0.05) is 36.4 Å². The number of amides is 1. The average molecular weight is 324 g/mol. The van der Waals surface area contributed by atoms with Crippen LogP contribution in [0.25, 0.3) is 10.6 Å². The zero-order valence-electron chi connectivity index (χ0n) is 12.6. The summed E-state index contributed by atoms with van der Waals surface area (Å²) < 4.78 is 0. The SMILES string of the molecule is Cc1ccc(NC(=O)Cc2csc(-c3ccccc3)n2)c(O)c1. The van der Waals surface area contributed by atoms with Crippen LogP contribution in [0.5, 0.6) is 5.75 Å². The highest BCUT2D eigenvalue weighted by Gasteiger charge is 2.11. The molecular weight excluding hydrogens is 308 g/mol. The summed E-state index contributed by atoms with van der Waals surface area (Å²) in [6, 6.07) is 15.0. The highest BCUT2D eigenvalue weighted by atomic mass is 32.1. The van der Waals surface area contributed by atoms with Crippen LogP contribution in [0.4, 0.5) is 5.69 Å². The van der Waals surface area contributed by atoms with E-state index < -0.39 is 0 Å². The van der Waals surface area contributed by atoms with Gasteiger partial charge in [-0.15, -0.1) is 11.3 Å². The number of aryl methyl sites for hydroxylation is 1. The number of aromatic hydroxyl groups is 1. The van der Waals surface area contributed by atoms with Crippen LogP contribution in [0.15, 0.2) is 53.9 Å². The maximum atomic E-state index is 12.1. The molecule has 0 saturated heterocycles. The molecule has 23 heavy (non-hydrogen) atoms. The van der Waals surface area contributed by atoms with Crippen LogP contribution < -0.4 is 5.32 Å². The van der Waals surface area contributed by atoms with Gasteiger partial charge in [0.05, 0.1) is 17.8 Å². The van der Waals surface area contributed by atoms with Crippen LogP contribution in [-0.4, -0.2) is 16.0 Å². The number of carbonyl (C=O) groups is 1. The Balaban J connectivity index is 1.68. The van der Waals surface area contributed by atoms with E-state index in [2.05, 4.69) is 10.3 Å². The standard InChI is InChI=1S/C18H16N2O2S/c1-12-7-8-15(16(21)9-12)20-17(22)10-14-11-23-18(19-14)13-5-3-2-4-6-13/h2-9,11,21H,10H2,1H3,(H,20,22). The van der Waals surface area contributed by atoms with Crippen molar-refractivity contribution in [1.82, 2.24) is 4.98 Å². The van der Waals surface area contributed by atoms with Crippen molar-refractivity contribution in [2.45, 2.75) is 13.3 Å². The Labute approximate surface area is 138 Å². The van der Waals surface area contributed by atoms with Gasteiger partial charge in [0.15, 0.2) is 0 Å². The number of hydrogen-bond donors (Lipinski definition) is 2. The van der Waals surface area contributed by atoms with E-state index in [1.54, 1.807) is 12.1 Å². The van der Waals surface area contributed by atoms with E-state index in [1.807, 2.05) is 48.7 Å². The molecule has 2 N–H and O–H groups in total. The Morgan fingerprint density at radius 3 is 2.74 bits per heavy atom. The first-order valence-electron chi connectivity index (χ1n) is 7.21. The minimum Gasteiger partial charge on any atom is -0.506 e. The Morgan fingerprint density at radius 1 is 1.22 bits per heavy atom. The predicted molar refractivity (Wildman–Crippen MR) is 92.7 cm³/mol. The van der Waals surface area contributed by atoms with Crippen molar-refractivity contribution < 1.29 is 9.90 Å². The number of benzene rings is 2. The molecule has 116 valence electrons. The topological polar surface area (TPSA) is 62.2 Å². The Hall–Kier alpha value is -2.66. The van der Waals surface area contributed by atoms with Crippen LogP contribution in [-0.2, 0) is 11.2 Å². The second kappa shape index (κ2) is 6.62. The molecular formula is C18H16N2O2S. The number of anilines is 1. The fourth-order valence-corrected chi connectivity index (χ4v) is 3.03. The van der Waals surface area contributed by atoms with Crippen LogP contribution in [0.1, 0.15) is 11.3 Å². The van der Waals surface area contributed by atoms with Gasteiger partial charge in [0.1, 0.15) is 10.8 Å². The molecule has 3 rings (SSSR count). The Kier molecular flexibility index (Phi) is 4.39. The summed E-state index contributed by atoms with van der Waals surface area (Å²) >= 11 is 1.52. The predicted octanol–water partition coefficient (Wildman–Crippen LogP) is 4.01. The highest BCUT2D eigenvalue weighted by Crippen LogP contribution is 2.25. The van der Waals surface area contributed by atoms with Crippen molar-refractivity contribution in [3.8, 4) is 16.3 Å². The van der Waals surface area contributed by atoms with Gasteiger partial charge in [0.2, 0.25) is 5.91 Å². The van der Waals surface area contributed by atoms with Crippen LogP contribution in [0.2, 0.25) is 0 Å². The summed E-state index contributed by atoms with van der Waals surface area (Å²) in [5, 5.41) is 15.3. The molecule has 0 atom stereocenters. The van der Waals surface area contributed by atoms with E-state index in [4.69, 9.17) is 0 Å². The Morgan fingerprint density at radius 2 is 2.00 bits per heavy atom. The first-order chi connectivity index (χ1) is 11.1. The lowest BCUT2D eigenvalue weighted by atomic mass is 10.2. The summed E-state index contributed by atoms with van der Waals surface area (Å²) in [4.78, 5) is 16.6. The molecule has 0 saturated carbocycles. The molecule has 5 heteroatoms. The van der Waals surface area contributed by atoms with Crippen molar-refractivity contribution in [3.63, 3.8) is 0 Å². The third kappa shape index (κ3) is 3.76. The largest absolute Gasteiger partial charge is 0.506 e. The van der Waals surface area contributed by atoms with Gasteiger partial charge >= 0.3 is 0 Å². The number of thiazole rings is 1. The van der Waals surface area contributed by atoms with Crippen LogP contribution in [0.3, 0.4) is 0 Å². The van der Waals surface area contributed by atoms with Crippen molar-refractivity contribution >= 4 is 22.9 Å². The maximum absolute atomic E-state index is 12.1. The van der Waals surface area contributed by atoms with E-state index in [-0.39, 0.29) is 18.1 Å². The highest BCUT2D eigenvalue weighted by molar-refractivity contribution is 7.13. The molecule has 0 fully saturated rings. The molecule has 0 spiro atoms. The number of aromatic nitrogens is 1. The van der Waals surface area contributed by atoms with Crippen molar-refractivity contribution in [2.75, 3.05) is 5.32 Å². The fraction of sp³-hybridized carbons (Fsp3) is 0.111. The quantitative estimate of drug-likeness (QED) is 0.713. The van der Waals surface area contributed by atoms with Gasteiger partial charge in [0.25, 0.3) is 0 Å². The minimum atomic E-state index is -0.200. The number of hydrogen-bond acceptors (Lipinski definition) is 4. The minimum absolute atomic E-state index is 0.0709. The second-order valence-electron chi connectivity index (χ2n) is 5.26. The van der Waals surface area contributed by atoms with Gasteiger partial charge in [-0.05, 0) is 24.6 Å². The van der Waals surface area contributed by atoms with Gasteiger partial charge in [0, 0.05) is 10.9 Å². The molecule has 3 aromatic rings. The summed E-state index contributed by atoms with van der Waals surface area (Å²) in [5.74, 6) is -0.129. The van der Waals surface area contributed by atoms with E-state index in [1.165, 1.54) is 11.3 Å². The number of phenolic OH excluding ortho intramolecular Hbond substituents is 1. The molecule has 0 radical (unpaired) electrons. The number of phenols is 1. The molecule has 2 aromatic carbocycles. The molecule has 1 amide bonds. The molecule has 1 aromatic heterocycles. The molecule has 1 heterocycles. The number of nitrogens with zero attached hydrogens (tertiary/aromatic N) is 1. The van der Waals surface area contributed by atoms with Gasteiger partial charge in [-0.2, -0.15) is 0 Å². The normalized spacial score (nSPS) is 10.5. The lowest BCUT2D eigenvalue weighted by Gasteiger charge is -2.07. The molecule has 0 aliphatic carbocycles. The van der Waals surface area contributed by atoms with Crippen molar-refractivity contribution in [2.24, 2.45) is 0 Å². The second-order valence-corrected chi connectivity index (χ2v) is 6.11. The fourth-order valence-electron chi connectivity index (χ4n) is 2.21. The number of rotatable bonds is 4. The first kappa shape index (κ1) is 15.2. The summed E-state index contributed by atoms with van der Waals surface area (Å²) in [6.45, 7) is 1.88.